The zero-order chi connectivity index (χ0) is 9.64. The third-order valence-corrected chi connectivity index (χ3v) is 1.96. The molecule has 0 unspecified atom stereocenters. The Morgan fingerprint density at radius 1 is 1.14 bits per heavy atom. The molecule has 2 aromatic rings. The van der Waals surface area contributed by atoms with Crippen LogP contribution >= 0.6 is 0 Å². The topological polar surface area (TPSA) is 53.6 Å². The Labute approximate surface area is 82.4 Å². The monoisotopic (exact) mass is 188 g/mol. The van der Waals surface area contributed by atoms with Crippen molar-refractivity contribution >= 4 is 0 Å². The first-order valence-electron chi connectivity index (χ1n) is 4.52. The van der Waals surface area contributed by atoms with Gasteiger partial charge in [-0.2, -0.15) is 5.10 Å². The predicted octanol–water partition coefficient (Wildman–Crippen LogP) is 1.09. The second-order valence-electron chi connectivity index (χ2n) is 3.07. The smallest absolute Gasteiger partial charge is 0.0532 e. The second kappa shape index (κ2) is 4.53. The van der Waals surface area contributed by atoms with E-state index in [1.165, 1.54) is 11.1 Å². The van der Waals surface area contributed by atoms with Crippen molar-refractivity contribution in [1.82, 2.24) is 20.5 Å². The molecule has 2 rings (SSSR count). The summed E-state index contributed by atoms with van der Waals surface area (Å²) >= 11 is 0. The van der Waals surface area contributed by atoms with Crippen LogP contribution in [0.5, 0.6) is 0 Å². The first-order chi connectivity index (χ1) is 6.95. The molecule has 0 aromatic carbocycles. The minimum Gasteiger partial charge on any atom is -0.309 e. The molecule has 0 saturated heterocycles. The molecule has 0 saturated carbocycles. The molecule has 0 atom stereocenters. The van der Waals surface area contributed by atoms with E-state index in [1.807, 2.05) is 24.5 Å². The average molecular weight is 188 g/mol. The van der Waals surface area contributed by atoms with Crippen LogP contribution in [0, 0.1) is 0 Å². The van der Waals surface area contributed by atoms with Gasteiger partial charge in [-0.3, -0.25) is 10.1 Å². The number of hydrogen-bond donors (Lipinski definition) is 2. The van der Waals surface area contributed by atoms with E-state index in [9.17, 15) is 0 Å². The Morgan fingerprint density at radius 3 is 2.64 bits per heavy atom. The van der Waals surface area contributed by atoms with E-state index < -0.39 is 0 Å². The number of rotatable bonds is 4. The van der Waals surface area contributed by atoms with Crippen molar-refractivity contribution in [3.05, 3.63) is 48.0 Å². The summed E-state index contributed by atoms with van der Waals surface area (Å²) in [5.41, 5.74) is 2.41. The van der Waals surface area contributed by atoms with Crippen molar-refractivity contribution in [2.45, 2.75) is 13.1 Å². The number of nitrogens with one attached hydrogen (secondary N) is 2. The third-order valence-electron chi connectivity index (χ3n) is 1.96. The number of aromatic nitrogens is 3. The van der Waals surface area contributed by atoms with E-state index >= 15 is 0 Å². The van der Waals surface area contributed by atoms with Gasteiger partial charge in [-0.15, -0.1) is 0 Å². The number of pyridine rings is 1. The molecule has 2 N–H and O–H groups in total. The van der Waals surface area contributed by atoms with E-state index in [0.717, 1.165) is 13.1 Å². The highest BCUT2D eigenvalue weighted by molar-refractivity contribution is 5.09. The van der Waals surface area contributed by atoms with Gasteiger partial charge >= 0.3 is 0 Å². The van der Waals surface area contributed by atoms with Gasteiger partial charge in [0.15, 0.2) is 0 Å². The first kappa shape index (κ1) is 8.90. The van der Waals surface area contributed by atoms with Crippen LogP contribution in [-0.4, -0.2) is 15.2 Å². The molecule has 2 aromatic heterocycles. The van der Waals surface area contributed by atoms with Crippen LogP contribution < -0.4 is 5.32 Å². The van der Waals surface area contributed by atoms with Crippen molar-refractivity contribution < 1.29 is 0 Å². The summed E-state index contributed by atoms with van der Waals surface area (Å²) in [6.45, 7) is 1.69. The third kappa shape index (κ3) is 2.40. The van der Waals surface area contributed by atoms with E-state index in [4.69, 9.17) is 0 Å². The van der Waals surface area contributed by atoms with Gasteiger partial charge in [0, 0.05) is 37.2 Å². The largest absolute Gasteiger partial charge is 0.309 e. The number of nitrogens with zero attached hydrogens (tertiary/aromatic N) is 2. The Balaban J connectivity index is 1.79. The summed E-state index contributed by atoms with van der Waals surface area (Å²) in [5.74, 6) is 0. The van der Waals surface area contributed by atoms with E-state index in [-0.39, 0.29) is 0 Å². The summed E-state index contributed by atoms with van der Waals surface area (Å²) in [6.07, 6.45) is 7.31. The zero-order valence-electron chi connectivity index (χ0n) is 7.77. The molecule has 0 bridgehead atoms. The molecule has 0 fully saturated rings. The van der Waals surface area contributed by atoms with Crippen LogP contribution in [0.25, 0.3) is 0 Å². The van der Waals surface area contributed by atoms with Crippen molar-refractivity contribution in [3.63, 3.8) is 0 Å². The maximum absolute atomic E-state index is 3.96. The van der Waals surface area contributed by atoms with Crippen LogP contribution in [-0.2, 0) is 13.1 Å². The van der Waals surface area contributed by atoms with Gasteiger partial charge in [0.05, 0.1) is 6.20 Å². The molecule has 0 aliphatic carbocycles. The molecule has 14 heavy (non-hydrogen) atoms. The highest BCUT2D eigenvalue weighted by Crippen LogP contribution is 1.97. The summed E-state index contributed by atoms with van der Waals surface area (Å²) in [5, 5.41) is 9.97. The lowest BCUT2D eigenvalue weighted by molar-refractivity contribution is 0.693. The molecule has 0 aliphatic rings. The molecule has 0 radical (unpaired) electrons. The summed E-state index contributed by atoms with van der Waals surface area (Å²) in [6, 6.07) is 4.00. The molecule has 72 valence electrons. The maximum Gasteiger partial charge on any atom is 0.0532 e. The fourth-order valence-corrected chi connectivity index (χ4v) is 1.23. The Bertz CT molecular complexity index is 355. The van der Waals surface area contributed by atoms with Crippen LogP contribution in [0.2, 0.25) is 0 Å². The number of aromatic amines is 1. The van der Waals surface area contributed by atoms with Crippen LogP contribution in [0.15, 0.2) is 36.9 Å². The van der Waals surface area contributed by atoms with Crippen LogP contribution in [0.4, 0.5) is 0 Å². The summed E-state index contributed by atoms with van der Waals surface area (Å²) in [4.78, 5) is 3.96. The van der Waals surface area contributed by atoms with E-state index in [1.54, 1.807) is 12.4 Å². The van der Waals surface area contributed by atoms with Gasteiger partial charge in [0.2, 0.25) is 0 Å². The van der Waals surface area contributed by atoms with Gasteiger partial charge in [-0.25, -0.2) is 0 Å². The van der Waals surface area contributed by atoms with E-state index in [0.29, 0.717) is 0 Å². The second-order valence-corrected chi connectivity index (χ2v) is 3.07. The zero-order valence-corrected chi connectivity index (χ0v) is 7.77. The molecule has 0 aliphatic heterocycles. The van der Waals surface area contributed by atoms with Gasteiger partial charge < -0.3 is 5.32 Å². The molecule has 4 nitrogen and oxygen atoms in total. The van der Waals surface area contributed by atoms with E-state index in [2.05, 4.69) is 20.5 Å². The molecule has 2 heterocycles. The van der Waals surface area contributed by atoms with Gasteiger partial charge in [-0.1, -0.05) is 0 Å². The molecule has 0 spiro atoms. The first-order valence-corrected chi connectivity index (χ1v) is 4.52. The Morgan fingerprint density at radius 2 is 1.93 bits per heavy atom. The number of hydrogen-bond acceptors (Lipinski definition) is 3. The number of H-pyrrole nitrogens is 1. The molecule has 0 amide bonds. The molecule has 4 heteroatoms. The average Bonchev–Trinajstić information content (AvgIpc) is 2.72. The van der Waals surface area contributed by atoms with Crippen molar-refractivity contribution in [3.8, 4) is 0 Å². The standard InChI is InChI=1S/C10H12N4/c1-3-11-4-2-9(1)5-12-6-10-7-13-14-8-10/h1-4,7-8,12H,5-6H2,(H,13,14). The Hall–Kier alpha value is -1.68. The predicted molar refractivity (Wildman–Crippen MR) is 53.4 cm³/mol. The SMILES string of the molecule is c1cc(CNCc2cn[nH]c2)ccn1. The minimum absolute atomic E-state index is 0.832. The van der Waals surface area contributed by atoms with Crippen molar-refractivity contribution in [2.24, 2.45) is 0 Å². The molecular weight excluding hydrogens is 176 g/mol. The minimum atomic E-state index is 0.832. The van der Waals surface area contributed by atoms with Crippen LogP contribution in [0.3, 0.4) is 0 Å². The lowest BCUT2D eigenvalue weighted by Crippen LogP contribution is -2.11. The van der Waals surface area contributed by atoms with Crippen molar-refractivity contribution in [2.75, 3.05) is 0 Å². The molecular formula is C10H12N4. The van der Waals surface area contributed by atoms with Crippen LogP contribution in [0.1, 0.15) is 11.1 Å². The summed E-state index contributed by atoms with van der Waals surface area (Å²) in [7, 11) is 0. The fourth-order valence-electron chi connectivity index (χ4n) is 1.23. The lowest BCUT2D eigenvalue weighted by Gasteiger charge is -2.01. The highest BCUT2D eigenvalue weighted by atomic mass is 15.1. The Kier molecular flexibility index (Phi) is 2.88. The summed E-state index contributed by atoms with van der Waals surface area (Å²) < 4.78 is 0. The highest BCUT2D eigenvalue weighted by Gasteiger charge is 1.93. The maximum atomic E-state index is 3.96. The fraction of sp³-hybridized carbons (Fsp3) is 0.200. The quantitative estimate of drug-likeness (QED) is 0.755. The lowest BCUT2D eigenvalue weighted by atomic mass is 10.2. The van der Waals surface area contributed by atoms with Crippen molar-refractivity contribution in [1.29, 1.82) is 0 Å². The van der Waals surface area contributed by atoms with Gasteiger partial charge in [0.1, 0.15) is 0 Å². The normalized spacial score (nSPS) is 10.3. The van der Waals surface area contributed by atoms with Gasteiger partial charge in [-0.05, 0) is 17.7 Å². The van der Waals surface area contributed by atoms with Gasteiger partial charge in [0.25, 0.3) is 0 Å².